The van der Waals surface area contributed by atoms with Crippen LogP contribution in [0.15, 0.2) is 57.5 Å². The molecule has 0 fully saturated rings. The maximum absolute atomic E-state index is 6.26. The van der Waals surface area contributed by atoms with Crippen molar-refractivity contribution in [3.05, 3.63) is 62.5 Å². The van der Waals surface area contributed by atoms with E-state index < -0.39 is 0 Å². The molecule has 0 N–H and O–H groups in total. The minimum atomic E-state index is 0.0507. The molecule has 0 atom stereocenters. The van der Waals surface area contributed by atoms with Gasteiger partial charge in [0.1, 0.15) is 23.0 Å². The van der Waals surface area contributed by atoms with Gasteiger partial charge in [-0.3, -0.25) is 0 Å². The molecular formula is C18H8BBr2ClO2. The first-order valence-corrected chi connectivity index (χ1v) is 9.34. The molecule has 0 aliphatic carbocycles. The first-order chi connectivity index (χ1) is 11.6. The van der Waals surface area contributed by atoms with Gasteiger partial charge in [-0.05, 0) is 59.5 Å². The van der Waals surface area contributed by atoms with Crippen molar-refractivity contribution >= 4 is 66.6 Å². The maximum Gasteiger partial charge on any atom is 0.260 e. The number of hydrogen-bond acceptors (Lipinski definition) is 2. The van der Waals surface area contributed by atoms with Crippen molar-refractivity contribution in [2.24, 2.45) is 0 Å². The highest BCUT2D eigenvalue weighted by atomic mass is 79.9. The average molecular weight is 462 g/mol. The third-order valence-electron chi connectivity index (χ3n) is 4.36. The van der Waals surface area contributed by atoms with Crippen molar-refractivity contribution in [2.45, 2.75) is 0 Å². The van der Waals surface area contributed by atoms with Crippen LogP contribution in [0.5, 0.6) is 23.0 Å². The molecule has 2 aliphatic rings. The highest BCUT2D eigenvalue weighted by molar-refractivity contribution is 9.10. The van der Waals surface area contributed by atoms with Crippen LogP contribution in [0, 0.1) is 0 Å². The van der Waals surface area contributed by atoms with Gasteiger partial charge in [0, 0.05) is 19.4 Å². The summed E-state index contributed by atoms with van der Waals surface area (Å²) in [6, 6.07) is 15.9. The monoisotopic (exact) mass is 460 g/mol. The number of halogens is 3. The predicted molar refractivity (Wildman–Crippen MR) is 105 cm³/mol. The Kier molecular flexibility index (Phi) is 3.28. The summed E-state index contributed by atoms with van der Waals surface area (Å²) >= 11 is 13.4. The number of rotatable bonds is 0. The lowest BCUT2D eigenvalue weighted by Crippen LogP contribution is -2.57. The first-order valence-electron chi connectivity index (χ1n) is 7.38. The summed E-state index contributed by atoms with van der Waals surface area (Å²) in [6.45, 7) is 0.0507. The Hall–Kier alpha value is -1.43. The van der Waals surface area contributed by atoms with Gasteiger partial charge < -0.3 is 9.47 Å². The normalized spacial score (nSPS) is 13.4. The van der Waals surface area contributed by atoms with Crippen LogP contribution in [0.25, 0.3) is 0 Å². The Balaban J connectivity index is 1.87. The van der Waals surface area contributed by atoms with E-state index in [1.165, 1.54) is 0 Å². The molecule has 0 aromatic heterocycles. The Labute approximate surface area is 161 Å². The fourth-order valence-corrected chi connectivity index (χ4v) is 4.37. The minimum absolute atomic E-state index is 0.0507. The lowest BCUT2D eigenvalue weighted by atomic mass is 9.35. The van der Waals surface area contributed by atoms with Crippen LogP contribution in [-0.4, -0.2) is 6.71 Å². The van der Waals surface area contributed by atoms with Gasteiger partial charge in [0.25, 0.3) is 6.71 Å². The molecule has 0 spiro atoms. The van der Waals surface area contributed by atoms with Crippen molar-refractivity contribution in [3.8, 4) is 23.0 Å². The van der Waals surface area contributed by atoms with Crippen LogP contribution in [0.3, 0.4) is 0 Å². The summed E-state index contributed by atoms with van der Waals surface area (Å²) in [5.74, 6) is 3.19. The van der Waals surface area contributed by atoms with Crippen LogP contribution >= 0.6 is 43.5 Å². The quantitative estimate of drug-likeness (QED) is 0.314. The Bertz CT molecular complexity index is 945. The highest BCUT2D eigenvalue weighted by Crippen LogP contribution is 2.37. The van der Waals surface area contributed by atoms with Gasteiger partial charge in [-0.1, -0.05) is 43.5 Å². The molecule has 2 aliphatic heterocycles. The van der Waals surface area contributed by atoms with Crippen LogP contribution < -0.4 is 25.9 Å². The van der Waals surface area contributed by atoms with E-state index in [0.717, 1.165) is 48.3 Å². The zero-order chi connectivity index (χ0) is 16.4. The minimum Gasteiger partial charge on any atom is -0.458 e. The lowest BCUT2D eigenvalue weighted by molar-refractivity contribution is 0.464. The van der Waals surface area contributed by atoms with Crippen molar-refractivity contribution < 1.29 is 9.47 Å². The number of benzene rings is 3. The van der Waals surface area contributed by atoms with Crippen molar-refractivity contribution in [1.29, 1.82) is 0 Å². The molecule has 0 unspecified atom stereocenters. The number of hydrogen-bond donors (Lipinski definition) is 0. The second kappa shape index (κ2) is 5.28. The van der Waals surface area contributed by atoms with Gasteiger partial charge >= 0.3 is 0 Å². The maximum atomic E-state index is 6.26. The standard InChI is InChI=1S/C18H8BBr2ClO2/c20-9-1-3-14-12(5-9)19-13-6-10(21)2-4-15(13)24-17-8-11(22)7-16(23-14)18(17)19/h1-8H. The number of ether oxygens (including phenoxy) is 2. The Morgan fingerprint density at radius 3 is 1.71 bits per heavy atom. The van der Waals surface area contributed by atoms with E-state index in [1.807, 2.05) is 36.4 Å². The summed E-state index contributed by atoms with van der Waals surface area (Å²) in [7, 11) is 0. The van der Waals surface area contributed by atoms with Gasteiger partial charge in [-0.2, -0.15) is 0 Å². The van der Waals surface area contributed by atoms with Gasteiger partial charge in [0.2, 0.25) is 0 Å². The van der Waals surface area contributed by atoms with E-state index in [2.05, 4.69) is 44.0 Å². The Morgan fingerprint density at radius 2 is 1.21 bits per heavy atom. The topological polar surface area (TPSA) is 18.5 Å². The van der Waals surface area contributed by atoms with Crippen LogP contribution in [0.4, 0.5) is 0 Å². The Morgan fingerprint density at radius 1 is 0.708 bits per heavy atom. The molecule has 3 aromatic carbocycles. The molecule has 6 heteroatoms. The van der Waals surface area contributed by atoms with Gasteiger partial charge in [0.15, 0.2) is 0 Å². The smallest absolute Gasteiger partial charge is 0.260 e. The summed E-state index contributed by atoms with van der Waals surface area (Å²) in [5, 5.41) is 0.601. The van der Waals surface area contributed by atoms with Crippen LogP contribution in [0.1, 0.15) is 0 Å². The second-order valence-corrected chi connectivity index (χ2v) is 8.08. The summed E-state index contributed by atoms with van der Waals surface area (Å²) in [6.07, 6.45) is 0. The SMILES string of the molecule is Clc1cc2c3c(c1)Oc1ccc(Br)cc1B3c1cc(Br)ccc1O2. The van der Waals surface area contributed by atoms with Gasteiger partial charge in [-0.25, -0.2) is 0 Å². The molecule has 0 amide bonds. The van der Waals surface area contributed by atoms with E-state index >= 15 is 0 Å². The molecule has 116 valence electrons. The summed E-state index contributed by atoms with van der Waals surface area (Å²) in [4.78, 5) is 0. The van der Waals surface area contributed by atoms with E-state index in [9.17, 15) is 0 Å². The predicted octanol–water partition coefficient (Wildman–Crippen LogP) is 4.59. The molecule has 2 nitrogen and oxygen atoms in total. The summed E-state index contributed by atoms with van der Waals surface area (Å²) in [5.41, 5.74) is 3.25. The third kappa shape index (κ3) is 2.15. The van der Waals surface area contributed by atoms with E-state index in [1.54, 1.807) is 0 Å². The molecule has 3 aromatic rings. The van der Waals surface area contributed by atoms with E-state index in [4.69, 9.17) is 21.1 Å². The van der Waals surface area contributed by atoms with E-state index in [0.29, 0.717) is 5.02 Å². The zero-order valence-electron chi connectivity index (χ0n) is 12.1. The first kappa shape index (κ1) is 14.9. The number of fused-ring (bicyclic) bond motifs is 4. The molecule has 0 saturated heterocycles. The molecule has 24 heavy (non-hydrogen) atoms. The van der Waals surface area contributed by atoms with Crippen LogP contribution in [0.2, 0.25) is 5.02 Å². The van der Waals surface area contributed by atoms with Crippen molar-refractivity contribution in [2.75, 3.05) is 0 Å². The summed E-state index contributed by atoms with van der Waals surface area (Å²) < 4.78 is 14.3. The molecule has 0 radical (unpaired) electrons. The van der Waals surface area contributed by atoms with E-state index in [-0.39, 0.29) is 6.71 Å². The lowest BCUT2D eigenvalue weighted by Gasteiger charge is -2.33. The molecule has 2 heterocycles. The third-order valence-corrected chi connectivity index (χ3v) is 5.57. The zero-order valence-corrected chi connectivity index (χ0v) is 16.1. The molecule has 5 rings (SSSR count). The molecule has 0 saturated carbocycles. The average Bonchev–Trinajstić information content (AvgIpc) is 2.55. The van der Waals surface area contributed by atoms with Gasteiger partial charge in [0.05, 0.1) is 0 Å². The molecular weight excluding hydrogens is 454 g/mol. The van der Waals surface area contributed by atoms with Crippen molar-refractivity contribution in [1.82, 2.24) is 0 Å². The fraction of sp³-hybridized carbons (Fsp3) is 0. The molecule has 0 bridgehead atoms. The van der Waals surface area contributed by atoms with Gasteiger partial charge in [-0.15, -0.1) is 0 Å². The second-order valence-electron chi connectivity index (χ2n) is 5.82. The largest absolute Gasteiger partial charge is 0.458 e. The highest BCUT2D eigenvalue weighted by Gasteiger charge is 2.40. The van der Waals surface area contributed by atoms with Crippen LogP contribution in [-0.2, 0) is 0 Å². The van der Waals surface area contributed by atoms with Crippen molar-refractivity contribution in [3.63, 3.8) is 0 Å². The fourth-order valence-electron chi connectivity index (χ4n) is 3.41.